The number of rotatable bonds is 4. The fraction of sp³-hybridized carbons (Fsp3) is 0.833. The molecule has 0 aliphatic carbocycles. The zero-order chi connectivity index (χ0) is 7.28. The summed E-state index contributed by atoms with van der Waals surface area (Å²) >= 11 is 4.73. The molecule has 0 fully saturated rings. The van der Waals surface area contributed by atoms with Gasteiger partial charge in [-0.25, -0.2) is 0 Å². The van der Waals surface area contributed by atoms with E-state index in [1.807, 2.05) is 13.8 Å². The number of nitrogens with two attached hydrogens (primary N) is 1. The Balaban J connectivity index is 3.54. The van der Waals surface area contributed by atoms with Crippen molar-refractivity contribution in [3.8, 4) is 0 Å². The standard InChI is InChI=1S/C6H13NOS/c1-3-5(6(7)9)8-4-2/h5H,3-4H2,1-2H3,(H2,7,9). The van der Waals surface area contributed by atoms with Crippen molar-refractivity contribution in [3.05, 3.63) is 0 Å². The van der Waals surface area contributed by atoms with Crippen molar-refractivity contribution in [2.75, 3.05) is 6.61 Å². The van der Waals surface area contributed by atoms with Crippen molar-refractivity contribution in [3.63, 3.8) is 0 Å². The second-order valence-electron chi connectivity index (χ2n) is 1.75. The van der Waals surface area contributed by atoms with E-state index in [0.717, 1.165) is 6.42 Å². The molecule has 0 radical (unpaired) electrons. The van der Waals surface area contributed by atoms with Crippen LogP contribution in [-0.2, 0) is 4.74 Å². The average Bonchev–Trinajstić information content (AvgIpc) is 1.82. The minimum absolute atomic E-state index is 0.0231. The molecule has 2 nitrogen and oxygen atoms in total. The summed E-state index contributed by atoms with van der Waals surface area (Å²) < 4.78 is 5.19. The van der Waals surface area contributed by atoms with E-state index in [1.54, 1.807) is 0 Å². The van der Waals surface area contributed by atoms with Crippen LogP contribution in [0.2, 0.25) is 0 Å². The van der Waals surface area contributed by atoms with E-state index in [1.165, 1.54) is 0 Å². The molecule has 1 unspecified atom stereocenters. The second kappa shape index (κ2) is 4.70. The Morgan fingerprint density at radius 2 is 2.22 bits per heavy atom. The third kappa shape index (κ3) is 3.43. The van der Waals surface area contributed by atoms with Gasteiger partial charge in [0.15, 0.2) is 0 Å². The summed E-state index contributed by atoms with van der Waals surface area (Å²) in [6.45, 7) is 4.61. The Morgan fingerprint density at radius 1 is 1.67 bits per heavy atom. The topological polar surface area (TPSA) is 35.2 Å². The predicted octanol–water partition coefficient (Wildman–Crippen LogP) is 1.09. The van der Waals surface area contributed by atoms with Gasteiger partial charge in [-0.05, 0) is 13.3 Å². The lowest BCUT2D eigenvalue weighted by Crippen LogP contribution is -2.28. The number of ether oxygens (including phenoxy) is 1. The van der Waals surface area contributed by atoms with Gasteiger partial charge < -0.3 is 10.5 Å². The fourth-order valence-electron chi connectivity index (χ4n) is 0.602. The van der Waals surface area contributed by atoms with Crippen LogP contribution in [-0.4, -0.2) is 17.7 Å². The lowest BCUT2D eigenvalue weighted by molar-refractivity contribution is 0.108. The first-order valence-electron chi connectivity index (χ1n) is 3.13. The minimum atomic E-state index is -0.0231. The maximum absolute atomic E-state index is 5.34. The summed E-state index contributed by atoms with van der Waals surface area (Å²) in [4.78, 5) is 0.458. The van der Waals surface area contributed by atoms with Crippen molar-refractivity contribution < 1.29 is 4.74 Å². The Morgan fingerprint density at radius 3 is 2.33 bits per heavy atom. The van der Waals surface area contributed by atoms with Gasteiger partial charge in [0.1, 0.15) is 11.1 Å². The van der Waals surface area contributed by atoms with Crippen molar-refractivity contribution in [2.45, 2.75) is 26.4 Å². The molecular weight excluding hydrogens is 134 g/mol. The molecule has 0 amide bonds. The second-order valence-corrected chi connectivity index (χ2v) is 2.23. The van der Waals surface area contributed by atoms with Crippen LogP contribution in [0.3, 0.4) is 0 Å². The lowest BCUT2D eigenvalue weighted by Gasteiger charge is -2.11. The van der Waals surface area contributed by atoms with Gasteiger partial charge in [-0.2, -0.15) is 0 Å². The molecule has 0 aromatic rings. The first-order valence-corrected chi connectivity index (χ1v) is 3.54. The Bertz CT molecular complexity index is 95.1. The quantitative estimate of drug-likeness (QED) is 0.604. The number of thiocarbonyl (C=S) groups is 1. The van der Waals surface area contributed by atoms with E-state index >= 15 is 0 Å². The van der Waals surface area contributed by atoms with Crippen LogP contribution in [0, 0.1) is 0 Å². The third-order valence-electron chi connectivity index (χ3n) is 1.06. The van der Waals surface area contributed by atoms with Gasteiger partial charge in [0.2, 0.25) is 0 Å². The van der Waals surface area contributed by atoms with E-state index in [0.29, 0.717) is 11.6 Å². The molecule has 0 rings (SSSR count). The van der Waals surface area contributed by atoms with E-state index in [9.17, 15) is 0 Å². The highest BCUT2D eigenvalue weighted by atomic mass is 32.1. The van der Waals surface area contributed by atoms with Crippen molar-refractivity contribution >= 4 is 17.2 Å². The molecule has 0 aliphatic rings. The van der Waals surface area contributed by atoms with Crippen LogP contribution < -0.4 is 5.73 Å². The van der Waals surface area contributed by atoms with E-state index in [2.05, 4.69) is 0 Å². The molecular formula is C6H13NOS. The first-order chi connectivity index (χ1) is 4.22. The van der Waals surface area contributed by atoms with Crippen LogP contribution in [0.15, 0.2) is 0 Å². The smallest absolute Gasteiger partial charge is 0.107 e. The van der Waals surface area contributed by atoms with Gasteiger partial charge in [0, 0.05) is 6.61 Å². The maximum Gasteiger partial charge on any atom is 0.107 e. The van der Waals surface area contributed by atoms with E-state index in [-0.39, 0.29) is 6.10 Å². The fourth-order valence-corrected chi connectivity index (χ4v) is 0.837. The predicted molar refractivity (Wildman–Crippen MR) is 42.5 cm³/mol. The van der Waals surface area contributed by atoms with Gasteiger partial charge in [-0.3, -0.25) is 0 Å². The van der Waals surface area contributed by atoms with Crippen LogP contribution in [0.5, 0.6) is 0 Å². The van der Waals surface area contributed by atoms with Crippen molar-refractivity contribution in [2.24, 2.45) is 5.73 Å². The van der Waals surface area contributed by atoms with Crippen LogP contribution >= 0.6 is 12.2 Å². The first kappa shape index (κ1) is 8.85. The molecule has 2 N–H and O–H groups in total. The van der Waals surface area contributed by atoms with Crippen LogP contribution in [0.1, 0.15) is 20.3 Å². The van der Waals surface area contributed by atoms with Crippen molar-refractivity contribution in [1.29, 1.82) is 0 Å². The highest BCUT2D eigenvalue weighted by Crippen LogP contribution is 1.96. The Hall–Kier alpha value is -0.150. The lowest BCUT2D eigenvalue weighted by atomic mass is 10.3. The Kier molecular flexibility index (Phi) is 4.62. The molecule has 0 spiro atoms. The molecule has 0 aromatic carbocycles. The summed E-state index contributed by atoms with van der Waals surface area (Å²) in [6, 6.07) is 0. The summed E-state index contributed by atoms with van der Waals surface area (Å²) in [5.41, 5.74) is 5.34. The third-order valence-corrected chi connectivity index (χ3v) is 1.32. The molecule has 1 atom stereocenters. The molecule has 9 heavy (non-hydrogen) atoms. The van der Waals surface area contributed by atoms with Crippen molar-refractivity contribution in [1.82, 2.24) is 0 Å². The normalized spacial score (nSPS) is 13.1. The number of hydrogen-bond acceptors (Lipinski definition) is 2. The van der Waals surface area contributed by atoms with Gasteiger partial charge in [-0.15, -0.1) is 0 Å². The summed E-state index contributed by atoms with van der Waals surface area (Å²) in [6.07, 6.45) is 0.841. The molecule has 3 heteroatoms. The maximum atomic E-state index is 5.34. The Labute approximate surface area is 61.4 Å². The monoisotopic (exact) mass is 147 g/mol. The van der Waals surface area contributed by atoms with E-state index in [4.69, 9.17) is 22.7 Å². The van der Waals surface area contributed by atoms with Crippen LogP contribution in [0.25, 0.3) is 0 Å². The minimum Gasteiger partial charge on any atom is -0.391 e. The highest BCUT2D eigenvalue weighted by Gasteiger charge is 2.06. The zero-order valence-corrected chi connectivity index (χ0v) is 6.70. The number of hydrogen-bond donors (Lipinski definition) is 1. The van der Waals surface area contributed by atoms with Gasteiger partial charge in [0.05, 0.1) is 0 Å². The summed E-state index contributed by atoms with van der Waals surface area (Å²) in [5, 5.41) is 0. The summed E-state index contributed by atoms with van der Waals surface area (Å²) in [7, 11) is 0. The van der Waals surface area contributed by atoms with Gasteiger partial charge in [-0.1, -0.05) is 19.1 Å². The SMILES string of the molecule is CCOC(CC)C(N)=S. The molecule has 0 heterocycles. The summed E-state index contributed by atoms with van der Waals surface area (Å²) in [5.74, 6) is 0. The molecule has 0 saturated heterocycles. The molecule has 0 bridgehead atoms. The van der Waals surface area contributed by atoms with Gasteiger partial charge >= 0.3 is 0 Å². The van der Waals surface area contributed by atoms with Crippen LogP contribution in [0.4, 0.5) is 0 Å². The van der Waals surface area contributed by atoms with E-state index < -0.39 is 0 Å². The zero-order valence-electron chi connectivity index (χ0n) is 5.89. The average molecular weight is 147 g/mol. The molecule has 0 aromatic heterocycles. The largest absolute Gasteiger partial charge is 0.391 e. The molecule has 0 aliphatic heterocycles. The van der Waals surface area contributed by atoms with Gasteiger partial charge in [0.25, 0.3) is 0 Å². The molecule has 54 valence electrons. The molecule has 0 saturated carbocycles. The highest BCUT2D eigenvalue weighted by molar-refractivity contribution is 7.80.